The molecule has 1 fully saturated rings. The molecular formula is C19H32NO10+. The molecule has 0 amide bonds. The Bertz CT molecular complexity index is 629. The molecule has 1 aliphatic heterocycles. The second-order valence-corrected chi connectivity index (χ2v) is 7.95. The lowest BCUT2D eigenvalue weighted by Gasteiger charge is -2.44. The molecule has 172 valence electrons. The van der Waals surface area contributed by atoms with E-state index in [-0.39, 0.29) is 13.2 Å². The van der Waals surface area contributed by atoms with Crippen LogP contribution in [0, 0.1) is 0 Å². The Morgan fingerprint density at radius 1 is 0.767 bits per heavy atom. The molecule has 0 bridgehead atoms. The minimum absolute atomic E-state index is 0.233. The number of carbonyl (C=O) groups is 4. The summed E-state index contributed by atoms with van der Waals surface area (Å²) in [5.74, 6) is -2.61. The highest BCUT2D eigenvalue weighted by molar-refractivity contribution is 5.68. The van der Waals surface area contributed by atoms with Crippen molar-refractivity contribution in [3.63, 3.8) is 0 Å². The third kappa shape index (κ3) is 9.06. The first-order chi connectivity index (χ1) is 13.8. The van der Waals surface area contributed by atoms with Crippen molar-refractivity contribution in [2.45, 2.75) is 58.4 Å². The van der Waals surface area contributed by atoms with Crippen molar-refractivity contribution < 1.29 is 52.1 Å². The van der Waals surface area contributed by atoms with Crippen molar-refractivity contribution >= 4 is 23.9 Å². The quantitative estimate of drug-likeness (QED) is 0.274. The van der Waals surface area contributed by atoms with E-state index in [1.54, 1.807) is 0 Å². The van der Waals surface area contributed by atoms with E-state index >= 15 is 0 Å². The second-order valence-electron chi connectivity index (χ2n) is 7.95. The van der Waals surface area contributed by atoms with Crippen LogP contribution in [0.3, 0.4) is 0 Å². The van der Waals surface area contributed by atoms with Gasteiger partial charge in [0, 0.05) is 27.7 Å². The largest absolute Gasteiger partial charge is 0.463 e. The Kier molecular flexibility index (Phi) is 9.66. The van der Waals surface area contributed by atoms with Crippen LogP contribution in [0.25, 0.3) is 0 Å². The zero-order valence-corrected chi connectivity index (χ0v) is 18.5. The summed E-state index contributed by atoms with van der Waals surface area (Å²) in [4.78, 5) is 46.3. The Balaban J connectivity index is 3.22. The molecule has 30 heavy (non-hydrogen) atoms. The van der Waals surface area contributed by atoms with Crippen molar-refractivity contribution in [1.82, 2.24) is 0 Å². The van der Waals surface area contributed by atoms with Gasteiger partial charge >= 0.3 is 23.9 Å². The maximum Gasteiger partial charge on any atom is 0.303 e. The third-order valence-electron chi connectivity index (χ3n) is 3.99. The average Bonchev–Trinajstić information content (AvgIpc) is 2.55. The number of esters is 4. The van der Waals surface area contributed by atoms with Crippen molar-refractivity contribution in [2.75, 3.05) is 40.9 Å². The van der Waals surface area contributed by atoms with Gasteiger partial charge in [0.25, 0.3) is 0 Å². The minimum atomic E-state index is -1.22. The number of hydrogen-bond acceptors (Lipinski definition) is 10. The van der Waals surface area contributed by atoms with Crippen molar-refractivity contribution in [3.05, 3.63) is 0 Å². The molecule has 0 N–H and O–H groups in total. The van der Waals surface area contributed by atoms with E-state index in [4.69, 9.17) is 28.4 Å². The Morgan fingerprint density at radius 2 is 1.27 bits per heavy atom. The Labute approximate surface area is 176 Å². The lowest BCUT2D eigenvalue weighted by molar-refractivity contribution is -0.871. The summed E-state index contributed by atoms with van der Waals surface area (Å²) in [6, 6.07) is 0. The van der Waals surface area contributed by atoms with E-state index in [0.717, 1.165) is 0 Å². The number of hydrogen-bond donors (Lipinski definition) is 0. The lowest BCUT2D eigenvalue weighted by atomic mass is 9.98. The van der Waals surface area contributed by atoms with Crippen LogP contribution in [0.2, 0.25) is 0 Å². The van der Waals surface area contributed by atoms with Gasteiger partial charge in [0.05, 0.1) is 27.7 Å². The zero-order chi connectivity index (χ0) is 23.1. The molecule has 0 aromatic carbocycles. The predicted octanol–water partition coefficient (Wildman–Crippen LogP) is -0.208. The van der Waals surface area contributed by atoms with E-state index in [0.29, 0.717) is 11.0 Å². The van der Waals surface area contributed by atoms with Crippen LogP contribution < -0.4 is 0 Å². The molecule has 0 aliphatic carbocycles. The van der Waals surface area contributed by atoms with Gasteiger partial charge in [-0.05, 0) is 0 Å². The normalized spacial score (nSPS) is 26.4. The summed E-state index contributed by atoms with van der Waals surface area (Å²) in [7, 11) is 5.91. The van der Waals surface area contributed by atoms with Crippen LogP contribution in [0.4, 0.5) is 0 Å². The lowest BCUT2D eigenvalue weighted by Crippen LogP contribution is -2.63. The summed E-state index contributed by atoms with van der Waals surface area (Å²) in [5.41, 5.74) is 0. The third-order valence-corrected chi connectivity index (χ3v) is 3.99. The molecule has 0 aromatic rings. The maximum atomic E-state index is 11.7. The average molecular weight is 434 g/mol. The molecule has 1 rings (SSSR count). The summed E-state index contributed by atoms with van der Waals surface area (Å²) in [6.45, 7) is 5.28. The fourth-order valence-corrected chi connectivity index (χ4v) is 2.77. The molecule has 0 spiro atoms. The highest BCUT2D eigenvalue weighted by Crippen LogP contribution is 2.30. The van der Waals surface area contributed by atoms with Gasteiger partial charge in [-0.1, -0.05) is 0 Å². The predicted molar refractivity (Wildman–Crippen MR) is 101 cm³/mol. The first-order valence-corrected chi connectivity index (χ1v) is 9.52. The van der Waals surface area contributed by atoms with Crippen molar-refractivity contribution in [3.8, 4) is 0 Å². The van der Waals surface area contributed by atoms with Gasteiger partial charge in [-0.25, -0.2) is 0 Å². The fraction of sp³-hybridized carbons (Fsp3) is 0.789. The number of quaternary nitrogens is 1. The van der Waals surface area contributed by atoms with Crippen LogP contribution >= 0.6 is 0 Å². The van der Waals surface area contributed by atoms with E-state index in [1.807, 2.05) is 21.1 Å². The van der Waals surface area contributed by atoms with Gasteiger partial charge in [0.15, 0.2) is 24.6 Å². The van der Waals surface area contributed by atoms with Crippen molar-refractivity contribution in [1.29, 1.82) is 0 Å². The van der Waals surface area contributed by atoms with E-state index in [1.165, 1.54) is 27.7 Å². The molecule has 5 atom stereocenters. The first-order valence-electron chi connectivity index (χ1n) is 9.52. The van der Waals surface area contributed by atoms with Gasteiger partial charge in [-0.15, -0.1) is 0 Å². The topological polar surface area (TPSA) is 124 Å². The van der Waals surface area contributed by atoms with E-state index < -0.39 is 54.6 Å². The van der Waals surface area contributed by atoms with Gasteiger partial charge in [-0.3, -0.25) is 19.2 Å². The van der Waals surface area contributed by atoms with Crippen LogP contribution in [0.15, 0.2) is 0 Å². The van der Waals surface area contributed by atoms with E-state index in [9.17, 15) is 19.2 Å². The maximum absolute atomic E-state index is 11.7. The zero-order valence-electron chi connectivity index (χ0n) is 18.5. The number of rotatable bonds is 9. The smallest absolute Gasteiger partial charge is 0.303 e. The van der Waals surface area contributed by atoms with E-state index in [2.05, 4.69) is 0 Å². The van der Waals surface area contributed by atoms with Crippen LogP contribution in [0.5, 0.6) is 0 Å². The molecular weight excluding hydrogens is 402 g/mol. The van der Waals surface area contributed by atoms with Crippen LogP contribution in [0.1, 0.15) is 27.7 Å². The highest BCUT2D eigenvalue weighted by atomic mass is 16.7. The Morgan fingerprint density at radius 3 is 1.73 bits per heavy atom. The summed E-state index contributed by atoms with van der Waals surface area (Å²) in [5, 5.41) is 0. The molecule has 1 heterocycles. The molecule has 1 aliphatic rings. The monoisotopic (exact) mass is 434 g/mol. The summed E-state index contributed by atoms with van der Waals surface area (Å²) >= 11 is 0. The summed E-state index contributed by atoms with van der Waals surface area (Å²) < 4.78 is 33.2. The molecule has 0 unspecified atom stereocenters. The molecule has 0 aromatic heterocycles. The SMILES string of the molecule is CC(=O)OC[C@H]1O[C@@H](OCC[N+](C)(C)C)[C@@H](OC(C)=O)[C@@H](OC(C)=O)[C@H]1OC(C)=O. The standard InChI is InChI=1S/C19H32NO10/c1-11(21)26-10-15-16(27-12(2)22)17(28-13(3)23)18(29-14(4)24)19(30-15)25-9-8-20(5,6)7/h15-19H,8-10H2,1-7H3/q+1/t15-,16+,17+,18+,19-/m1/s1. The number of ether oxygens (including phenoxy) is 6. The summed E-state index contributed by atoms with van der Waals surface area (Å²) in [6.07, 6.45) is -5.76. The Hall–Kier alpha value is -2.24. The fourth-order valence-electron chi connectivity index (χ4n) is 2.77. The van der Waals surface area contributed by atoms with Crippen LogP contribution in [-0.2, 0) is 47.6 Å². The van der Waals surface area contributed by atoms with Gasteiger partial charge in [0.2, 0.25) is 0 Å². The molecule has 0 saturated carbocycles. The number of nitrogens with zero attached hydrogens (tertiary/aromatic N) is 1. The number of likely N-dealkylation sites (N-methyl/N-ethyl adjacent to an activating group) is 1. The van der Waals surface area contributed by atoms with Crippen molar-refractivity contribution in [2.24, 2.45) is 0 Å². The minimum Gasteiger partial charge on any atom is -0.463 e. The van der Waals surface area contributed by atoms with Gasteiger partial charge in [0.1, 0.15) is 19.3 Å². The molecule has 11 heteroatoms. The molecule has 0 radical (unpaired) electrons. The highest BCUT2D eigenvalue weighted by Gasteiger charge is 2.52. The molecule has 11 nitrogen and oxygen atoms in total. The van der Waals surface area contributed by atoms with Gasteiger partial charge < -0.3 is 32.9 Å². The second kappa shape index (κ2) is 11.2. The van der Waals surface area contributed by atoms with Crippen LogP contribution in [-0.4, -0.2) is 100.0 Å². The molecule has 1 saturated heterocycles. The first kappa shape index (κ1) is 25.8. The number of carbonyl (C=O) groups excluding carboxylic acids is 4. The van der Waals surface area contributed by atoms with Gasteiger partial charge in [-0.2, -0.15) is 0 Å².